The van der Waals surface area contributed by atoms with Crippen molar-refractivity contribution >= 4 is 46.4 Å². The van der Waals surface area contributed by atoms with E-state index >= 15 is 0 Å². The third kappa shape index (κ3) is 5.29. The summed E-state index contributed by atoms with van der Waals surface area (Å²) < 4.78 is 13.2. The maximum atomic E-state index is 13.2. The lowest BCUT2D eigenvalue weighted by molar-refractivity contribution is -0.120. The van der Waals surface area contributed by atoms with Gasteiger partial charge in [-0.2, -0.15) is 0 Å². The van der Waals surface area contributed by atoms with Crippen LogP contribution in [-0.4, -0.2) is 24.3 Å². The lowest BCUT2D eigenvalue weighted by atomic mass is 10.2. The molecule has 0 aliphatic rings. The number of nitrogens with zero attached hydrogens (tertiary/aromatic N) is 1. The van der Waals surface area contributed by atoms with E-state index in [9.17, 15) is 18.8 Å². The van der Waals surface area contributed by atoms with Gasteiger partial charge in [0.25, 0.3) is 0 Å². The fourth-order valence-corrected chi connectivity index (χ4v) is 2.44. The second kappa shape index (κ2) is 8.44. The van der Waals surface area contributed by atoms with Crippen molar-refractivity contribution in [1.82, 2.24) is 0 Å². The van der Waals surface area contributed by atoms with Gasteiger partial charge in [-0.3, -0.25) is 14.4 Å². The Bertz CT molecular complexity index is 857. The minimum absolute atomic E-state index is 0.116. The topological polar surface area (TPSA) is 78.5 Å². The van der Waals surface area contributed by atoms with Gasteiger partial charge in [-0.25, -0.2) is 4.39 Å². The van der Waals surface area contributed by atoms with E-state index in [0.29, 0.717) is 17.1 Å². The molecule has 0 heterocycles. The molecule has 0 spiro atoms. The Hall–Kier alpha value is -2.93. The molecule has 0 aromatic heterocycles. The molecule has 2 rings (SSSR count). The number of hydrogen-bond donors (Lipinski definition) is 2. The van der Waals surface area contributed by atoms with Crippen molar-refractivity contribution < 1.29 is 18.8 Å². The van der Waals surface area contributed by atoms with Crippen LogP contribution in [0.3, 0.4) is 0 Å². The Labute approximate surface area is 154 Å². The number of carbonyl (C=O) groups excluding carboxylic acids is 3. The lowest BCUT2D eigenvalue weighted by Crippen LogP contribution is -2.36. The fraction of sp³-hybridized carbons (Fsp3) is 0.167. The average molecular weight is 378 g/mol. The first-order valence-electron chi connectivity index (χ1n) is 7.67. The summed E-state index contributed by atoms with van der Waals surface area (Å²) in [5.74, 6) is -1.67. The van der Waals surface area contributed by atoms with E-state index in [1.54, 1.807) is 24.3 Å². The summed E-state index contributed by atoms with van der Waals surface area (Å²) in [7, 11) is 0. The van der Waals surface area contributed by atoms with E-state index in [4.69, 9.17) is 11.6 Å². The van der Waals surface area contributed by atoms with Crippen molar-refractivity contribution in [2.75, 3.05) is 22.1 Å². The van der Waals surface area contributed by atoms with E-state index < -0.39 is 11.7 Å². The largest absolute Gasteiger partial charge is 0.326 e. The number of nitrogens with one attached hydrogen (secondary N) is 2. The van der Waals surface area contributed by atoms with E-state index in [1.807, 2.05) is 0 Å². The Morgan fingerprint density at radius 2 is 1.73 bits per heavy atom. The van der Waals surface area contributed by atoms with E-state index in [1.165, 1.54) is 30.9 Å². The maximum Gasteiger partial charge on any atom is 0.244 e. The molecular weight excluding hydrogens is 361 g/mol. The molecule has 8 heteroatoms. The molecule has 0 fully saturated rings. The lowest BCUT2D eigenvalue weighted by Gasteiger charge is -2.21. The van der Waals surface area contributed by atoms with Crippen molar-refractivity contribution in [3.8, 4) is 0 Å². The van der Waals surface area contributed by atoms with Gasteiger partial charge in [0.05, 0.1) is 5.02 Å². The molecule has 136 valence electrons. The van der Waals surface area contributed by atoms with Gasteiger partial charge < -0.3 is 15.5 Å². The van der Waals surface area contributed by atoms with Crippen LogP contribution in [0.5, 0.6) is 0 Å². The zero-order chi connectivity index (χ0) is 19.3. The van der Waals surface area contributed by atoms with E-state index in [0.717, 1.165) is 6.07 Å². The summed E-state index contributed by atoms with van der Waals surface area (Å²) in [5.41, 5.74) is 1.28. The van der Waals surface area contributed by atoms with Gasteiger partial charge in [-0.1, -0.05) is 17.7 Å². The zero-order valence-electron chi connectivity index (χ0n) is 14.2. The van der Waals surface area contributed by atoms with Crippen LogP contribution in [0.1, 0.15) is 13.8 Å². The van der Waals surface area contributed by atoms with Crippen molar-refractivity contribution in [3.63, 3.8) is 0 Å². The van der Waals surface area contributed by atoms with Gasteiger partial charge in [0.1, 0.15) is 12.4 Å². The number of rotatable bonds is 5. The van der Waals surface area contributed by atoms with Crippen molar-refractivity contribution in [2.24, 2.45) is 0 Å². The summed E-state index contributed by atoms with van der Waals surface area (Å²) in [5, 5.41) is 5.06. The van der Waals surface area contributed by atoms with Crippen molar-refractivity contribution in [1.29, 1.82) is 0 Å². The second-order valence-electron chi connectivity index (χ2n) is 5.51. The Balaban J connectivity index is 2.14. The Morgan fingerprint density at radius 1 is 1.04 bits per heavy atom. The van der Waals surface area contributed by atoms with Crippen LogP contribution in [0.15, 0.2) is 42.5 Å². The molecule has 2 N–H and O–H groups in total. The highest BCUT2D eigenvalue weighted by Gasteiger charge is 2.17. The third-order valence-corrected chi connectivity index (χ3v) is 3.65. The molecule has 2 aromatic carbocycles. The van der Waals surface area contributed by atoms with Crippen LogP contribution >= 0.6 is 11.6 Å². The smallest absolute Gasteiger partial charge is 0.244 e. The number of anilines is 3. The van der Waals surface area contributed by atoms with E-state index in [2.05, 4.69) is 10.6 Å². The van der Waals surface area contributed by atoms with Crippen LogP contribution in [0, 0.1) is 5.82 Å². The first kappa shape index (κ1) is 19.4. The van der Waals surface area contributed by atoms with Gasteiger partial charge in [-0.05, 0) is 36.4 Å². The molecule has 3 amide bonds. The van der Waals surface area contributed by atoms with Gasteiger partial charge in [0.15, 0.2) is 0 Å². The highest BCUT2D eigenvalue weighted by molar-refractivity contribution is 6.31. The maximum absolute atomic E-state index is 13.2. The normalized spacial score (nSPS) is 10.2. The molecule has 0 saturated carbocycles. The summed E-state index contributed by atoms with van der Waals surface area (Å²) >= 11 is 5.68. The summed E-state index contributed by atoms with van der Waals surface area (Å²) in [6, 6.07) is 10.4. The SMILES string of the molecule is CC(=O)Nc1cccc(N(CC(=O)Nc2ccc(F)c(Cl)c2)C(C)=O)c1. The highest BCUT2D eigenvalue weighted by atomic mass is 35.5. The summed E-state index contributed by atoms with van der Waals surface area (Å²) in [6.07, 6.45) is 0. The molecule has 6 nitrogen and oxygen atoms in total. The fourth-order valence-electron chi connectivity index (χ4n) is 2.26. The van der Waals surface area contributed by atoms with Gasteiger partial charge in [0, 0.05) is 30.9 Å². The average Bonchev–Trinajstić information content (AvgIpc) is 2.55. The number of benzene rings is 2. The van der Waals surface area contributed by atoms with Crippen LogP contribution in [-0.2, 0) is 14.4 Å². The number of amides is 3. The van der Waals surface area contributed by atoms with Gasteiger partial charge >= 0.3 is 0 Å². The Kier molecular flexibility index (Phi) is 6.30. The standard InChI is InChI=1S/C18H17ClFN3O3/c1-11(24)21-13-4-3-5-15(8-13)23(12(2)25)10-18(26)22-14-6-7-17(20)16(19)9-14/h3-9H,10H2,1-2H3,(H,21,24)(H,22,26). The molecule has 0 aliphatic carbocycles. The predicted octanol–water partition coefficient (Wildman–Crippen LogP) is 3.43. The van der Waals surface area contributed by atoms with Gasteiger partial charge in [-0.15, -0.1) is 0 Å². The number of hydrogen-bond acceptors (Lipinski definition) is 3. The zero-order valence-corrected chi connectivity index (χ0v) is 14.9. The number of halogens is 2. The minimum Gasteiger partial charge on any atom is -0.326 e. The van der Waals surface area contributed by atoms with Crippen molar-refractivity contribution in [3.05, 3.63) is 53.3 Å². The minimum atomic E-state index is -0.593. The molecule has 0 saturated heterocycles. The molecule has 2 aromatic rings. The summed E-state index contributed by atoms with van der Waals surface area (Å²) in [6.45, 7) is 2.44. The molecule has 0 atom stereocenters. The predicted molar refractivity (Wildman–Crippen MR) is 98.8 cm³/mol. The molecule has 0 bridgehead atoms. The monoisotopic (exact) mass is 377 g/mol. The molecule has 0 aliphatic heterocycles. The van der Waals surface area contributed by atoms with Crippen LogP contribution < -0.4 is 15.5 Å². The third-order valence-electron chi connectivity index (χ3n) is 3.36. The Morgan fingerprint density at radius 3 is 2.35 bits per heavy atom. The molecule has 0 unspecified atom stereocenters. The van der Waals surface area contributed by atoms with Crippen LogP contribution in [0.4, 0.5) is 21.5 Å². The highest BCUT2D eigenvalue weighted by Crippen LogP contribution is 2.21. The molecular formula is C18H17ClFN3O3. The van der Waals surface area contributed by atoms with Crippen LogP contribution in [0.2, 0.25) is 5.02 Å². The second-order valence-corrected chi connectivity index (χ2v) is 5.92. The summed E-state index contributed by atoms with van der Waals surface area (Å²) in [4.78, 5) is 36.6. The first-order valence-corrected chi connectivity index (χ1v) is 8.04. The van der Waals surface area contributed by atoms with E-state index in [-0.39, 0.29) is 23.4 Å². The molecule has 0 radical (unpaired) electrons. The quantitative estimate of drug-likeness (QED) is 0.837. The number of carbonyl (C=O) groups is 3. The van der Waals surface area contributed by atoms with Crippen molar-refractivity contribution in [2.45, 2.75) is 13.8 Å². The first-order chi connectivity index (χ1) is 12.3. The molecule has 26 heavy (non-hydrogen) atoms. The van der Waals surface area contributed by atoms with Crippen LogP contribution in [0.25, 0.3) is 0 Å². The van der Waals surface area contributed by atoms with Gasteiger partial charge in [0.2, 0.25) is 17.7 Å².